The monoisotopic (exact) mass is 372 g/mol. The average molecular weight is 374 g/mol. The van der Waals surface area contributed by atoms with Crippen molar-refractivity contribution in [2.75, 3.05) is 26.8 Å². The maximum atomic E-state index is 5.98. The van der Waals surface area contributed by atoms with Gasteiger partial charge in [0.15, 0.2) is 11.7 Å². The number of halogens is 2. The molecule has 0 saturated heterocycles. The molecular weight excluding hydrogens is 356 g/mol. The van der Waals surface area contributed by atoms with Gasteiger partial charge >= 0.3 is 0 Å². The van der Waals surface area contributed by atoms with E-state index < -0.39 is 0 Å². The first kappa shape index (κ1) is 16.5. The van der Waals surface area contributed by atoms with Gasteiger partial charge in [0.25, 0.3) is 0 Å². The van der Waals surface area contributed by atoms with E-state index in [4.69, 9.17) is 20.8 Å². The Morgan fingerprint density at radius 2 is 2.24 bits per heavy atom. The smallest absolute Gasteiger partial charge is 0.194 e. The summed E-state index contributed by atoms with van der Waals surface area (Å²) < 4.78 is 11.6. The molecule has 0 bridgehead atoms. The topological polar surface area (TPSA) is 47.3 Å². The first-order valence-corrected chi connectivity index (χ1v) is 7.97. The van der Waals surface area contributed by atoms with Gasteiger partial charge in [-0.05, 0) is 47.1 Å². The van der Waals surface area contributed by atoms with Gasteiger partial charge in [0.1, 0.15) is 0 Å². The third-order valence-corrected chi connectivity index (χ3v) is 4.20. The molecule has 0 spiro atoms. The molecule has 2 aromatic rings. The molecule has 21 heavy (non-hydrogen) atoms. The summed E-state index contributed by atoms with van der Waals surface area (Å²) in [5.74, 6) is 1.51. The zero-order valence-electron chi connectivity index (χ0n) is 11.9. The molecule has 114 valence electrons. The second-order valence-electron chi connectivity index (χ2n) is 4.59. The lowest BCUT2D eigenvalue weighted by atomic mass is 10.2. The van der Waals surface area contributed by atoms with Gasteiger partial charge in [-0.15, -0.1) is 0 Å². The molecule has 0 aliphatic rings. The van der Waals surface area contributed by atoms with Crippen molar-refractivity contribution in [3.63, 3.8) is 0 Å². The van der Waals surface area contributed by atoms with Crippen LogP contribution in [0.1, 0.15) is 12.3 Å². The van der Waals surface area contributed by atoms with E-state index in [1.807, 2.05) is 18.2 Å². The fourth-order valence-electron chi connectivity index (χ4n) is 1.87. The van der Waals surface area contributed by atoms with Gasteiger partial charge in [-0.2, -0.15) is 0 Å². The normalized spacial score (nSPS) is 11.0. The second kappa shape index (κ2) is 8.54. The van der Waals surface area contributed by atoms with Crippen molar-refractivity contribution in [3.05, 3.63) is 39.8 Å². The van der Waals surface area contributed by atoms with Crippen LogP contribution >= 0.6 is 27.5 Å². The highest BCUT2D eigenvalue weighted by Gasteiger charge is 2.08. The van der Waals surface area contributed by atoms with E-state index in [0.29, 0.717) is 5.02 Å². The number of methoxy groups -OCH3 is 1. The summed E-state index contributed by atoms with van der Waals surface area (Å²) in [5, 5.41) is 3.97. The predicted molar refractivity (Wildman–Crippen MR) is 87.7 cm³/mol. The number of rotatable bonds is 8. The molecule has 0 fully saturated rings. The van der Waals surface area contributed by atoms with Crippen LogP contribution in [0.2, 0.25) is 5.02 Å². The van der Waals surface area contributed by atoms with Crippen molar-refractivity contribution >= 4 is 27.5 Å². The number of aryl methyl sites for hydroxylation is 1. The molecule has 1 heterocycles. The van der Waals surface area contributed by atoms with Crippen LogP contribution < -0.4 is 5.32 Å². The standard InChI is InChI=1S/C15H18BrClN2O2/c1-20-8-7-18-6-2-3-15-19-10-14(21-15)11-4-5-13(17)12(16)9-11/h4-5,9-10,18H,2-3,6-8H2,1H3. The van der Waals surface area contributed by atoms with Crippen molar-refractivity contribution < 1.29 is 9.15 Å². The number of benzene rings is 1. The first-order valence-electron chi connectivity index (χ1n) is 6.80. The van der Waals surface area contributed by atoms with Crippen LogP contribution in [0, 0.1) is 0 Å². The minimum absolute atomic E-state index is 0.681. The number of ether oxygens (including phenoxy) is 1. The van der Waals surface area contributed by atoms with Crippen molar-refractivity contribution in [2.45, 2.75) is 12.8 Å². The van der Waals surface area contributed by atoms with E-state index in [0.717, 1.165) is 54.2 Å². The van der Waals surface area contributed by atoms with Crippen molar-refractivity contribution in [2.24, 2.45) is 0 Å². The molecule has 0 saturated carbocycles. The number of nitrogens with zero attached hydrogens (tertiary/aromatic N) is 1. The van der Waals surface area contributed by atoms with Gasteiger partial charge in [0.05, 0.1) is 17.8 Å². The minimum Gasteiger partial charge on any atom is -0.441 e. The fourth-order valence-corrected chi connectivity index (χ4v) is 2.37. The van der Waals surface area contributed by atoms with Crippen LogP contribution in [0.15, 0.2) is 33.3 Å². The van der Waals surface area contributed by atoms with Gasteiger partial charge in [-0.25, -0.2) is 4.98 Å². The van der Waals surface area contributed by atoms with Crippen molar-refractivity contribution in [1.82, 2.24) is 10.3 Å². The summed E-state index contributed by atoms with van der Waals surface area (Å²) >= 11 is 9.39. The van der Waals surface area contributed by atoms with E-state index in [9.17, 15) is 0 Å². The highest BCUT2D eigenvalue weighted by Crippen LogP contribution is 2.29. The van der Waals surface area contributed by atoms with Gasteiger partial charge in [0.2, 0.25) is 0 Å². The van der Waals surface area contributed by atoms with Crippen LogP contribution in [-0.4, -0.2) is 31.8 Å². The molecule has 0 amide bonds. The van der Waals surface area contributed by atoms with Crippen molar-refractivity contribution in [1.29, 1.82) is 0 Å². The lowest BCUT2D eigenvalue weighted by molar-refractivity contribution is 0.199. The molecule has 0 radical (unpaired) electrons. The Kier molecular flexibility index (Phi) is 6.70. The average Bonchev–Trinajstić information content (AvgIpc) is 2.94. The second-order valence-corrected chi connectivity index (χ2v) is 5.86. The number of oxazole rings is 1. The maximum absolute atomic E-state index is 5.98. The van der Waals surface area contributed by atoms with Gasteiger partial charge in [-0.3, -0.25) is 0 Å². The lowest BCUT2D eigenvalue weighted by Gasteiger charge is -2.02. The van der Waals surface area contributed by atoms with Gasteiger partial charge < -0.3 is 14.5 Å². The Morgan fingerprint density at radius 3 is 3.00 bits per heavy atom. The maximum Gasteiger partial charge on any atom is 0.194 e. The van der Waals surface area contributed by atoms with Gasteiger partial charge in [-0.1, -0.05) is 11.6 Å². The van der Waals surface area contributed by atoms with Crippen LogP contribution in [0.25, 0.3) is 11.3 Å². The van der Waals surface area contributed by atoms with E-state index >= 15 is 0 Å². The van der Waals surface area contributed by atoms with Crippen LogP contribution in [0.4, 0.5) is 0 Å². The van der Waals surface area contributed by atoms with E-state index in [1.54, 1.807) is 13.3 Å². The Labute approximate surface area is 138 Å². The van der Waals surface area contributed by atoms with Gasteiger partial charge in [0, 0.05) is 30.1 Å². The summed E-state index contributed by atoms with van der Waals surface area (Å²) in [4.78, 5) is 4.31. The summed E-state index contributed by atoms with van der Waals surface area (Å²) in [6.45, 7) is 2.52. The Bertz CT molecular complexity index is 575. The number of hydrogen-bond donors (Lipinski definition) is 1. The Balaban J connectivity index is 1.85. The molecule has 1 aromatic heterocycles. The third kappa shape index (κ3) is 5.11. The minimum atomic E-state index is 0.681. The quantitative estimate of drug-likeness (QED) is 0.712. The molecule has 0 aliphatic heterocycles. The van der Waals surface area contributed by atoms with E-state index in [1.165, 1.54) is 0 Å². The molecule has 6 heteroatoms. The predicted octanol–water partition coefficient (Wildman–Crippen LogP) is 3.93. The number of nitrogens with one attached hydrogen (secondary N) is 1. The molecule has 1 aromatic carbocycles. The third-order valence-electron chi connectivity index (χ3n) is 2.98. The molecule has 2 rings (SSSR count). The van der Waals surface area contributed by atoms with Crippen LogP contribution in [0.5, 0.6) is 0 Å². The highest BCUT2D eigenvalue weighted by molar-refractivity contribution is 9.10. The highest BCUT2D eigenvalue weighted by atomic mass is 79.9. The molecular formula is C15H18BrClN2O2. The Hall–Kier alpha value is -0.880. The molecule has 0 aliphatic carbocycles. The molecule has 1 N–H and O–H groups in total. The van der Waals surface area contributed by atoms with Crippen LogP contribution in [-0.2, 0) is 11.2 Å². The SMILES string of the molecule is COCCNCCCc1ncc(-c2ccc(Cl)c(Br)c2)o1. The largest absolute Gasteiger partial charge is 0.441 e. The summed E-state index contributed by atoms with van der Waals surface area (Å²) in [6.07, 6.45) is 3.55. The fraction of sp³-hybridized carbons (Fsp3) is 0.400. The molecule has 0 atom stereocenters. The van der Waals surface area contributed by atoms with E-state index in [2.05, 4.69) is 26.2 Å². The Morgan fingerprint density at radius 1 is 1.38 bits per heavy atom. The van der Waals surface area contributed by atoms with Crippen molar-refractivity contribution in [3.8, 4) is 11.3 Å². The number of aromatic nitrogens is 1. The van der Waals surface area contributed by atoms with E-state index in [-0.39, 0.29) is 0 Å². The number of hydrogen-bond acceptors (Lipinski definition) is 4. The summed E-state index contributed by atoms with van der Waals surface area (Å²) in [7, 11) is 1.70. The molecule has 4 nitrogen and oxygen atoms in total. The lowest BCUT2D eigenvalue weighted by Crippen LogP contribution is -2.20. The summed E-state index contributed by atoms with van der Waals surface area (Å²) in [5.41, 5.74) is 0.961. The zero-order chi connectivity index (χ0) is 15.1. The van der Waals surface area contributed by atoms with Crippen LogP contribution in [0.3, 0.4) is 0 Å². The molecule has 0 unspecified atom stereocenters. The summed E-state index contributed by atoms with van der Waals surface area (Å²) in [6, 6.07) is 5.69. The first-order chi connectivity index (χ1) is 10.2. The zero-order valence-corrected chi connectivity index (χ0v) is 14.2.